The van der Waals surface area contributed by atoms with Crippen LogP contribution in [0.3, 0.4) is 0 Å². The first-order valence-electron chi connectivity index (χ1n) is 6.84. The minimum Gasteiger partial charge on any atom is -0.385 e. The van der Waals surface area contributed by atoms with Crippen molar-refractivity contribution in [3.63, 3.8) is 0 Å². The first-order valence-corrected chi connectivity index (χ1v) is 9.43. The van der Waals surface area contributed by atoms with E-state index < -0.39 is 0 Å². The molecule has 0 fully saturated rings. The van der Waals surface area contributed by atoms with E-state index in [-0.39, 0.29) is 5.91 Å². The van der Waals surface area contributed by atoms with E-state index in [1.807, 2.05) is 12.1 Å². The van der Waals surface area contributed by atoms with E-state index in [1.54, 1.807) is 23.9 Å². The third-order valence-electron chi connectivity index (χ3n) is 2.77. The molecular weight excluding hydrogens is 374 g/mol. The predicted molar refractivity (Wildman–Crippen MR) is 97.5 cm³/mol. The molecule has 5 nitrogen and oxygen atoms in total. The number of amides is 1. The number of rotatable bonds is 8. The zero-order chi connectivity index (χ0) is 16.7. The predicted octanol–water partition coefficient (Wildman–Crippen LogP) is 3.56. The molecule has 2 rings (SSSR count). The van der Waals surface area contributed by atoms with Crippen molar-refractivity contribution < 1.29 is 9.53 Å². The van der Waals surface area contributed by atoms with Crippen LogP contribution in [0.5, 0.6) is 0 Å². The quantitative estimate of drug-likeness (QED) is 0.425. The number of halogens is 1. The monoisotopic (exact) mass is 389 g/mol. The lowest BCUT2D eigenvalue weighted by molar-refractivity contribution is -0.118. The Morgan fingerprint density at radius 3 is 2.91 bits per heavy atom. The Bertz CT molecular complexity index is 700. The van der Waals surface area contributed by atoms with Crippen molar-refractivity contribution in [2.75, 3.05) is 26.0 Å². The van der Waals surface area contributed by atoms with Crippen molar-refractivity contribution in [3.8, 4) is 5.69 Å². The molecule has 124 valence electrons. The molecule has 0 aliphatic carbocycles. The van der Waals surface area contributed by atoms with Crippen molar-refractivity contribution in [3.05, 3.63) is 33.2 Å². The summed E-state index contributed by atoms with van der Waals surface area (Å²) in [4.78, 5) is 11.7. The maximum atomic E-state index is 11.7. The Hall–Kier alpha value is -0.930. The van der Waals surface area contributed by atoms with Gasteiger partial charge in [-0.2, -0.15) is 0 Å². The zero-order valence-corrected chi connectivity index (χ0v) is 15.7. The summed E-state index contributed by atoms with van der Waals surface area (Å²) in [6.45, 7) is 1.25. The minimum absolute atomic E-state index is 0.0229. The molecule has 1 heterocycles. The fourth-order valence-electron chi connectivity index (χ4n) is 1.69. The van der Waals surface area contributed by atoms with Gasteiger partial charge in [-0.3, -0.25) is 4.79 Å². The Morgan fingerprint density at radius 2 is 2.22 bits per heavy atom. The molecular formula is C14H16ClN3O2S3. The van der Waals surface area contributed by atoms with E-state index >= 15 is 0 Å². The van der Waals surface area contributed by atoms with E-state index in [0.29, 0.717) is 27.9 Å². The maximum Gasteiger partial charge on any atom is 0.230 e. The highest BCUT2D eigenvalue weighted by molar-refractivity contribution is 8.01. The summed E-state index contributed by atoms with van der Waals surface area (Å²) in [5.74, 6) is 0.292. The SMILES string of the molecule is COCCCNC(=O)CSc1nn(-c2ccc(Cl)cc2)c(=S)s1. The van der Waals surface area contributed by atoms with Crippen LogP contribution in [-0.4, -0.2) is 41.7 Å². The van der Waals surface area contributed by atoms with Crippen LogP contribution in [0.15, 0.2) is 28.6 Å². The largest absolute Gasteiger partial charge is 0.385 e. The minimum atomic E-state index is -0.0229. The van der Waals surface area contributed by atoms with Crippen molar-refractivity contribution in [1.29, 1.82) is 0 Å². The Kier molecular flexibility index (Phi) is 7.51. The molecule has 1 aromatic heterocycles. The van der Waals surface area contributed by atoms with Gasteiger partial charge in [0.05, 0.1) is 11.4 Å². The topological polar surface area (TPSA) is 56.1 Å². The number of hydrogen-bond acceptors (Lipinski definition) is 6. The summed E-state index contributed by atoms with van der Waals surface area (Å²) < 4.78 is 8.00. The third kappa shape index (κ3) is 5.89. The molecule has 1 amide bonds. The summed E-state index contributed by atoms with van der Waals surface area (Å²) >= 11 is 14.0. The number of aromatic nitrogens is 2. The number of ether oxygens (including phenoxy) is 1. The fraction of sp³-hybridized carbons (Fsp3) is 0.357. The van der Waals surface area contributed by atoms with Gasteiger partial charge in [-0.05, 0) is 42.9 Å². The normalized spacial score (nSPS) is 10.7. The van der Waals surface area contributed by atoms with Crippen molar-refractivity contribution in [1.82, 2.24) is 15.1 Å². The second-order valence-corrected chi connectivity index (χ2v) is 7.79. The summed E-state index contributed by atoms with van der Waals surface area (Å²) in [6, 6.07) is 7.29. The molecule has 0 aliphatic rings. The molecule has 0 aliphatic heterocycles. The third-order valence-corrected chi connectivity index (χ3v) is 5.39. The molecule has 1 N–H and O–H groups in total. The number of benzene rings is 1. The van der Waals surface area contributed by atoms with Gasteiger partial charge in [-0.1, -0.05) is 34.7 Å². The van der Waals surface area contributed by atoms with E-state index in [0.717, 1.165) is 16.4 Å². The summed E-state index contributed by atoms with van der Waals surface area (Å²) in [5.41, 5.74) is 0.853. The molecule has 0 saturated heterocycles. The lowest BCUT2D eigenvalue weighted by Gasteiger charge is -2.03. The lowest BCUT2D eigenvalue weighted by Crippen LogP contribution is -2.26. The maximum absolute atomic E-state index is 11.7. The summed E-state index contributed by atoms with van der Waals surface area (Å²) in [6.07, 6.45) is 0.803. The highest BCUT2D eigenvalue weighted by Crippen LogP contribution is 2.24. The van der Waals surface area contributed by atoms with E-state index in [9.17, 15) is 4.79 Å². The average Bonchev–Trinajstić information content (AvgIpc) is 2.91. The van der Waals surface area contributed by atoms with E-state index in [2.05, 4.69) is 10.4 Å². The van der Waals surface area contributed by atoms with Crippen molar-refractivity contribution in [2.24, 2.45) is 0 Å². The number of hydrogen-bond donors (Lipinski definition) is 1. The molecule has 0 saturated carbocycles. The van der Waals surface area contributed by atoms with Crippen LogP contribution in [0.2, 0.25) is 5.02 Å². The molecule has 0 spiro atoms. The highest BCUT2D eigenvalue weighted by atomic mass is 35.5. The van der Waals surface area contributed by atoms with Crippen LogP contribution in [0, 0.1) is 3.95 Å². The molecule has 2 aromatic rings. The molecule has 0 unspecified atom stereocenters. The van der Waals surface area contributed by atoms with Gasteiger partial charge in [0, 0.05) is 25.3 Å². The number of methoxy groups -OCH3 is 1. The standard InChI is InChI=1S/C14H16ClN3O2S3/c1-20-8-2-7-16-12(19)9-22-13-17-18(14(21)23-13)11-5-3-10(15)4-6-11/h3-6H,2,7-9H2,1H3,(H,16,19). The first kappa shape index (κ1) is 18.4. The van der Waals surface area contributed by atoms with Gasteiger partial charge in [0.25, 0.3) is 0 Å². The first-order chi connectivity index (χ1) is 11.1. The molecule has 1 aromatic carbocycles. The van der Waals surface area contributed by atoms with Crippen LogP contribution in [0.1, 0.15) is 6.42 Å². The van der Waals surface area contributed by atoms with Gasteiger partial charge in [0.15, 0.2) is 8.29 Å². The number of carbonyl (C=O) groups is 1. The number of carbonyl (C=O) groups excluding carboxylic acids is 1. The Labute approximate surface area is 153 Å². The molecule has 9 heteroatoms. The van der Waals surface area contributed by atoms with Crippen LogP contribution < -0.4 is 5.32 Å². The second kappa shape index (κ2) is 9.39. The molecule has 0 bridgehead atoms. The van der Waals surface area contributed by atoms with Gasteiger partial charge in [-0.25, -0.2) is 4.68 Å². The molecule has 23 heavy (non-hydrogen) atoms. The fourth-order valence-corrected chi connectivity index (χ4v) is 4.00. The van der Waals surface area contributed by atoms with Gasteiger partial charge >= 0.3 is 0 Å². The van der Waals surface area contributed by atoms with Gasteiger partial charge < -0.3 is 10.1 Å². The number of nitrogens with zero attached hydrogens (tertiary/aromatic N) is 2. The highest BCUT2D eigenvalue weighted by Gasteiger charge is 2.09. The van der Waals surface area contributed by atoms with E-state index in [1.165, 1.54) is 23.1 Å². The molecule has 0 atom stereocenters. The summed E-state index contributed by atoms with van der Waals surface area (Å²) in [7, 11) is 1.64. The number of thioether (sulfide) groups is 1. The summed E-state index contributed by atoms with van der Waals surface area (Å²) in [5, 5.41) is 7.94. The smallest absolute Gasteiger partial charge is 0.230 e. The van der Waals surface area contributed by atoms with Crippen LogP contribution >= 0.6 is 46.9 Å². The van der Waals surface area contributed by atoms with Gasteiger partial charge in [0.1, 0.15) is 0 Å². The van der Waals surface area contributed by atoms with Crippen molar-refractivity contribution >= 4 is 52.8 Å². The lowest BCUT2D eigenvalue weighted by atomic mass is 10.3. The van der Waals surface area contributed by atoms with Gasteiger partial charge in [0.2, 0.25) is 5.91 Å². The van der Waals surface area contributed by atoms with Crippen LogP contribution in [0.4, 0.5) is 0 Å². The van der Waals surface area contributed by atoms with Crippen molar-refractivity contribution in [2.45, 2.75) is 10.8 Å². The Balaban J connectivity index is 1.90. The number of nitrogens with one attached hydrogen (secondary N) is 1. The molecule has 0 radical (unpaired) electrons. The van der Waals surface area contributed by atoms with Crippen LogP contribution in [0.25, 0.3) is 5.69 Å². The zero-order valence-electron chi connectivity index (χ0n) is 12.5. The van der Waals surface area contributed by atoms with Gasteiger partial charge in [-0.15, -0.1) is 5.10 Å². The Morgan fingerprint density at radius 1 is 1.48 bits per heavy atom. The van der Waals surface area contributed by atoms with E-state index in [4.69, 9.17) is 28.6 Å². The average molecular weight is 390 g/mol. The second-order valence-electron chi connectivity index (χ2n) is 4.51. The van der Waals surface area contributed by atoms with Crippen LogP contribution in [-0.2, 0) is 9.53 Å².